The van der Waals surface area contributed by atoms with E-state index in [0.29, 0.717) is 11.3 Å². The number of aliphatic hydroxyl groups is 1. The molecule has 4 N–H and O–H groups in total. The SMILES string of the molecule is COc1ccc([C@H](O)[C@@H](C)/C=C/C(=O)NO)cc1O. The number of methoxy groups -OCH3 is 1. The third-order valence-electron chi connectivity index (χ3n) is 2.70. The van der Waals surface area contributed by atoms with Crippen molar-refractivity contribution < 1.29 is 25.0 Å². The molecule has 0 aromatic heterocycles. The van der Waals surface area contributed by atoms with E-state index in [0.717, 1.165) is 6.08 Å². The Bertz CT molecular complexity index is 472. The number of carbonyl (C=O) groups is 1. The van der Waals surface area contributed by atoms with Crippen LogP contribution in [-0.4, -0.2) is 28.4 Å². The van der Waals surface area contributed by atoms with E-state index in [1.54, 1.807) is 19.1 Å². The third-order valence-corrected chi connectivity index (χ3v) is 2.70. The number of ether oxygens (including phenoxy) is 1. The summed E-state index contributed by atoms with van der Waals surface area (Å²) in [6.07, 6.45) is 1.69. The Morgan fingerprint density at radius 3 is 2.68 bits per heavy atom. The second kappa shape index (κ2) is 6.77. The first-order valence-corrected chi connectivity index (χ1v) is 5.66. The van der Waals surface area contributed by atoms with Crippen LogP contribution < -0.4 is 10.2 Å². The van der Waals surface area contributed by atoms with Crippen LogP contribution in [0, 0.1) is 5.92 Å². The van der Waals surface area contributed by atoms with Crippen LogP contribution in [0.5, 0.6) is 11.5 Å². The molecule has 19 heavy (non-hydrogen) atoms. The van der Waals surface area contributed by atoms with E-state index in [-0.39, 0.29) is 11.7 Å². The van der Waals surface area contributed by atoms with Gasteiger partial charge in [-0.05, 0) is 17.7 Å². The molecule has 0 fully saturated rings. The average molecular weight is 267 g/mol. The molecular weight excluding hydrogens is 250 g/mol. The van der Waals surface area contributed by atoms with Gasteiger partial charge in [-0.1, -0.05) is 19.1 Å². The van der Waals surface area contributed by atoms with Gasteiger partial charge < -0.3 is 14.9 Å². The van der Waals surface area contributed by atoms with Crippen molar-refractivity contribution in [2.75, 3.05) is 7.11 Å². The molecule has 1 aromatic rings. The number of amides is 1. The van der Waals surface area contributed by atoms with Crippen molar-refractivity contribution in [1.29, 1.82) is 0 Å². The lowest BCUT2D eigenvalue weighted by Crippen LogP contribution is -2.16. The van der Waals surface area contributed by atoms with Gasteiger partial charge >= 0.3 is 0 Å². The van der Waals surface area contributed by atoms with E-state index in [1.165, 1.54) is 24.7 Å². The van der Waals surface area contributed by atoms with Gasteiger partial charge in [0.05, 0.1) is 13.2 Å². The van der Waals surface area contributed by atoms with Crippen molar-refractivity contribution in [3.63, 3.8) is 0 Å². The summed E-state index contributed by atoms with van der Waals surface area (Å²) in [6.45, 7) is 1.70. The number of benzene rings is 1. The number of hydroxylamine groups is 1. The quantitative estimate of drug-likeness (QED) is 0.364. The van der Waals surface area contributed by atoms with Gasteiger partial charge in [0.25, 0.3) is 5.91 Å². The number of rotatable bonds is 5. The zero-order chi connectivity index (χ0) is 14.4. The maximum absolute atomic E-state index is 10.8. The highest BCUT2D eigenvalue weighted by Gasteiger charge is 2.16. The van der Waals surface area contributed by atoms with Crippen molar-refractivity contribution in [3.8, 4) is 11.5 Å². The summed E-state index contributed by atoms with van der Waals surface area (Å²) in [5.41, 5.74) is 1.96. The molecule has 0 aliphatic rings. The first-order valence-electron chi connectivity index (χ1n) is 5.66. The molecule has 0 saturated heterocycles. The fourth-order valence-electron chi connectivity index (χ4n) is 1.58. The maximum atomic E-state index is 10.8. The van der Waals surface area contributed by atoms with Crippen molar-refractivity contribution >= 4 is 5.91 Å². The van der Waals surface area contributed by atoms with Gasteiger partial charge in [0.1, 0.15) is 0 Å². The predicted molar refractivity (Wildman–Crippen MR) is 67.9 cm³/mol. The highest BCUT2D eigenvalue weighted by molar-refractivity contribution is 5.86. The van der Waals surface area contributed by atoms with Crippen molar-refractivity contribution in [3.05, 3.63) is 35.9 Å². The molecule has 0 aliphatic heterocycles. The molecule has 1 aromatic carbocycles. The molecule has 6 nitrogen and oxygen atoms in total. The fraction of sp³-hybridized carbons (Fsp3) is 0.308. The summed E-state index contributed by atoms with van der Waals surface area (Å²) in [7, 11) is 1.43. The maximum Gasteiger partial charge on any atom is 0.267 e. The molecule has 0 saturated carbocycles. The Kier molecular flexibility index (Phi) is 5.35. The highest BCUT2D eigenvalue weighted by atomic mass is 16.5. The van der Waals surface area contributed by atoms with Gasteiger partial charge in [0.2, 0.25) is 0 Å². The molecule has 0 aliphatic carbocycles. The molecule has 0 radical (unpaired) electrons. The number of phenols is 1. The van der Waals surface area contributed by atoms with Gasteiger partial charge in [-0.3, -0.25) is 10.0 Å². The minimum Gasteiger partial charge on any atom is -0.504 e. The summed E-state index contributed by atoms with van der Waals surface area (Å²) >= 11 is 0. The van der Waals surface area contributed by atoms with Crippen LogP contribution in [-0.2, 0) is 4.79 Å². The second-order valence-corrected chi connectivity index (χ2v) is 4.07. The normalized spacial score (nSPS) is 14.1. The van der Waals surface area contributed by atoms with E-state index < -0.39 is 12.0 Å². The second-order valence-electron chi connectivity index (χ2n) is 4.07. The molecular formula is C13H17NO5. The number of hydrogen-bond acceptors (Lipinski definition) is 5. The zero-order valence-electron chi connectivity index (χ0n) is 10.7. The number of hydrogen-bond donors (Lipinski definition) is 4. The van der Waals surface area contributed by atoms with E-state index >= 15 is 0 Å². The summed E-state index contributed by atoms with van der Waals surface area (Å²) < 4.78 is 4.91. The number of aliphatic hydroxyl groups excluding tert-OH is 1. The van der Waals surface area contributed by atoms with Crippen LogP contribution in [0.15, 0.2) is 30.4 Å². The monoisotopic (exact) mass is 267 g/mol. The van der Waals surface area contributed by atoms with Crippen LogP contribution in [0.2, 0.25) is 0 Å². The first-order chi connectivity index (χ1) is 8.99. The Morgan fingerprint density at radius 1 is 1.47 bits per heavy atom. The molecule has 1 amide bonds. The van der Waals surface area contributed by atoms with Gasteiger partial charge in [-0.25, -0.2) is 5.48 Å². The molecule has 0 heterocycles. The topological polar surface area (TPSA) is 99.0 Å². The summed E-state index contributed by atoms with van der Waals surface area (Å²) in [4.78, 5) is 10.8. The van der Waals surface area contributed by atoms with Gasteiger partial charge in [-0.2, -0.15) is 0 Å². The van der Waals surface area contributed by atoms with Crippen molar-refractivity contribution in [1.82, 2.24) is 5.48 Å². The molecule has 1 rings (SSSR count). The standard InChI is InChI=1S/C13H17NO5/c1-8(3-6-12(16)14-18)13(17)9-4-5-11(19-2)10(15)7-9/h3-8,13,15,17-18H,1-2H3,(H,14,16)/b6-3+/t8-,13+/m0/s1. The zero-order valence-corrected chi connectivity index (χ0v) is 10.7. The van der Waals surface area contributed by atoms with Crippen LogP contribution >= 0.6 is 0 Å². The predicted octanol–water partition coefficient (Wildman–Crippen LogP) is 1.13. The minimum atomic E-state index is -0.889. The van der Waals surface area contributed by atoms with Crippen LogP contribution in [0.3, 0.4) is 0 Å². The molecule has 6 heteroatoms. The summed E-state index contributed by atoms with van der Waals surface area (Å²) in [5.74, 6) is -0.788. The van der Waals surface area contributed by atoms with Crippen LogP contribution in [0.25, 0.3) is 0 Å². The molecule has 0 unspecified atom stereocenters. The average Bonchev–Trinajstić information content (AvgIpc) is 2.43. The number of phenolic OH excluding ortho intramolecular Hbond substituents is 1. The molecule has 104 valence electrons. The van der Waals surface area contributed by atoms with E-state index in [1.807, 2.05) is 0 Å². The van der Waals surface area contributed by atoms with Crippen molar-refractivity contribution in [2.45, 2.75) is 13.0 Å². The number of carbonyl (C=O) groups excluding carboxylic acids is 1. The summed E-state index contributed by atoms with van der Waals surface area (Å²) in [5, 5.41) is 28.0. The van der Waals surface area contributed by atoms with Gasteiger partial charge in [-0.15, -0.1) is 0 Å². The summed E-state index contributed by atoms with van der Waals surface area (Å²) in [6, 6.07) is 4.57. The molecule has 2 atom stereocenters. The Balaban J connectivity index is 2.82. The Morgan fingerprint density at radius 2 is 2.16 bits per heavy atom. The lowest BCUT2D eigenvalue weighted by atomic mass is 9.96. The smallest absolute Gasteiger partial charge is 0.267 e. The third kappa shape index (κ3) is 3.97. The first kappa shape index (κ1) is 15.0. The minimum absolute atomic E-state index is 0.0664. The molecule has 0 spiro atoms. The lowest BCUT2D eigenvalue weighted by molar-refractivity contribution is -0.124. The fourth-order valence-corrected chi connectivity index (χ4v) is 1.58. The van der Waals surface area contributed by atoms with Gasteiger partial charge in [0.15, 0.2) is 11.5 Å². The van der Waals surface area contributed by atoms with Crippen LogP contribution in [0.1, 0.15) is 18.6 Å². The van der Waals surface area contributed by atoms with Crippen molar-refractivity contribution in [2.24, 2.45) is 5.92 Å². The largest absolute Gasteiger partial charge is 0.504 e. The van der Waals surface area contributed by atoms with Crippen LogP contribution in [0.4, 0.5) is 0 Å². The van der Waals surface area contributed by atoms with Gasteiger partial charge in [0, 0.05) is 12.0 Å². The molecule has 0 bridgehead atoms. The van der Waals surface area contributed by atoms with E-state index in [2.05, 4.69) is 0 Å². The van der Waals surface area contributed by atoms with E-state index in [4.69, 9.17) is 9.94 Å². The lowest BCUT2D eigenvalue weighted by Gasteiger charge is -2.16. The number of aromatic hydroxyl groups is 1. The van der Waals surface area contributed by atoms with E-state index in [9.17, 15) is 15.0 Å². The Hall–Kier alpha value is -2.05. The number of nitrogens with one attached hydrogen (secondary N) is 1. The highest BCUT2D eigenvalue weighted by Crippen LogP contribution is 2.31. The Labute approximate surface area is 110 Å².